The minimum absolute atomic E-state index is 0. The molecule has 6 aromatic rings. The number of esters is 2. The van der Waals surface area contributed by atoms with E-state index >= 15 is 0 Å². The predicted molar refractivity (Wildman–Crippen MR) is 165 cm³/mol. The van der Waals surface area contributed by atoms with Gasteiger partial charge in [-0.05, 0) is 91.5 Å². The minimum Gasteiger partial charge on any atom is -0.423 e. The van der Waals surface area contributed by atoms with Crippen molar-refractivity contribution in [3.05, 3.63) is 145 Å². The van der Waals surface area contributed by atoms with Crippen molar-refractivity contribution in [2.45, 2.75) is 9.79 Å². The average Bonchev–Trinajstić information content (AvgIpc) is 3.05. The second kappa shape index (κ2) is 15.3. The van der Waals surface area contributed by atoms with Crippen molar-refractivity contribution in [2.75, 3.05) is 0 Å². The minimum atomic E-state index is -2.26. The van der Waals surface area contributed by atoms with Gasteiger partial charge in [0.15, 0.2) is 0 Å². The molecule has 8 nitrogen and oxygen atoms in total. The zero-order valence-corrected chi connectivity index (χ0v) is 25.7. The van der Waals surface area contributed by atoms with Gasteiger partial charge >= 0.3 is 28.4 Å². The Labute approximate surface area is 272 Å². The van der Waals surface area contributed by atoms with Crippen molar-refractivity contribution in [1.82, 2.24) is 0 Å². The topological polar surface area (TPSA) is 121 Å². The van der Waals surface area contributed by atoms with E-state index in [1.165, 1.54) is 12.1 Å². The van der Waals surface area contributed by atoms with Gasteiger partial charge in [0, 0.05) is 0 Å². The van der Waals surface area contributed by atoms with Crippen molar-refractivity contribution in [1.29, 1.82) is 0 Å². The normalized spacial score (nSPS) is 10.5. The summed E-state index contributed by atoms with van der Waals surface area (Å²) < 4.78 is 54.4. The summed E-state index contributed by atoms with van der Waals surface area (Å²) >= 11 is 0. The standard InChI is InChI=1S/2C17H11O4S.Ni/c2*18-17(12-4-2-1-3-5-12)21-15-8-6-14-11-16(22(19)20)9-7-13(14)10-15;/h2*1-11H;/q2*-1;+2. The largest absolute Gasteiger partial charge is 2.00 e. The molecule has 0 bridgehead atoms. The fourth-order valence-electron chi connectivity index (χ4n) is 4.22. The molecule has 0 atom stereocenters. The second-order valence-corrected chi connectivity index (χ2v) is 11.2. The van der Waals surface area contributed by atoms with Crippen LogP contribution in [0.5, 0.6) is 11.5 Å². The zero-order chi connectivity index (χ0) is 31.1. The summed E-state index contributed by atoms with van der Waals surface area (Å²) in [6.45, 7) is 0. The molecule has 0 aliphatic heterocycles. The Morgan fingerprint density at radius 3 is 1.11 bits per heavy atom. The first-order chi connectivity index (χ1) is 21.3. The van der Waals surface area contributed by atoms with E-state index in [2.05, 4.69) is 0 Å². The molecule has 0 spiro atoms. The summed E-state index contributed by atoms with van der Waals surface area (Å²) in [5.74, 6) is -0.0378. The SMILES string of the molecule is O=C(Oc1ccc2cc([S-](=O)=O)ccc2c1)c1ccccc1.O=C(Oc1ccc2cc([S-](=O)=O)ccc2c1)c1ccccc1.[Ni+2]. The van der Waals surface area contributed by atoms with Crippen LogP contribution in [0.25, 0.3) is 21.5 Å². The van der Waals surface area contributed by atoms with Gasteiger partial charge in [0.1, 0.15) is 11.5 Å². The van der Waals surface area contributed by atoms with Crippen LogP contribution in [0.4, 0.5) is 0 Å². The van der Waals surface area contributed by atoms with Gasteiger partial charge in [-0.1, -0.05) is 94.7 Å². The summed E-state index contributed by atoms with van der Waals surface area (Å²) in [7, 11) is -4.52. The molecule has 228 valence electrons. The molecule has 0 saturated carbocycles. The van der Waals surface area contributed by atoms with Crippen LogP contribution in [-0.4, -0.2) is 11.9 Å². The third kappa shape index (κ3) is 8.64. The maximum Gasteiger partial charge on any atom is 2.00 e. The zero-order valence-electron chi connectivity index (χ0n) is 23.1. The fraction of sp³-hybridized carbons (Fsp3) is 0. The second-order valence-electron chi connectivity index (χ2n) is 9.32. The van der Waals surface area contributed by atoms with Crippen LogP contribution >= 0.6 is 0 Å². The van der Waals surface area contributed by atoms with E-state index in [-0.39, 0.29) is 26.3 Å². The number of fused-ring (bicyclic) bond motifs is 2. The van der Waals surface area contributed by atoms with Gasteiger partial charge in [-0.25, -0.2) is 9.59 Å². The van der Waals surface area contributed by atoms with Gasteiger partial charge in [0.05, 0.1) is 11.1 Å². The van der Waals surface area contributed by atoms with Gasteiger partial charge in [-0.2, -0.15) is 0 Å². The van der Waals surface area contributed by atoms with E-state index in [0.29, 0.717) is 22.6 Å². The van der Waals surface area contributed by atoms with Crippen LogP contribution in [-0.2, 0) is 54.7 Å². The Morgan fingerprint density at radius 2 is 0.756 bits per heavy atom. The molecular formula is C34H22NiO8S2. The summed E-state index contributed by atoms with van der Waals surface area (Å²) in [5.41, 5.74) is 0.944. The Bertz CT molecular complexity index is 1970. The Morgan fingerprint density at radius 1 is 0.422 bits per heavy atom. The van der Waals surface area contributed by atoms with Gasteiger partial charge in [-0.3, -0.25) is 0 Å². The van der Waals surface area contributed by atoms with Gasteiger partial charge in [0.2, 0.25) is 0 Å². The molecule has 0 amide bonds. The van der Waals surface area contributed by atoms with E-state index in [0.717, 1.165) is 21.5 Å². The molecule has 6 aromatic carbocycles. The van der Waals surface area contributed by atoms with Crippen molar-refractivity contribution in [3.8, 4) is 11.5 Å². The average molecular weight is 681 g/mol. The monoisotopic (exact) mass is 680 g/mol. The van der Waals surface area contributed by atoms with E-state index in [1.54, 1.807) is 109 Å². The molecule has 0 aromatic heterocycles. The molecule has 45 heavy (non-hydrogen) atoms. The number of benzene rings is 6. The molecule has 0 N–H and O–H groups in total. The van der Waals surface area contributed by atoms with Crippen LogP contribution in [0.2, 0.25) is 0 Å². The molecule has 0 heterocycles. The third-order valence-electron chi connectivity index (χ3n) is 6.39. The number of carbonyl (C=O) groups is 2. The van der Waals surface area contributed by atoms with Crippen LogP contribution in [0.1, 0.15) is 20.7 Å². The van der Waals surface area contributed by atoms with Gasteiger partial charge in [0.25, 0.3) is 0 Å². The first-order valence-electron chi connectivity index (χ1n) is 13.1. The van der Waals surface area contributed by atoms with Crippen LogP contribution in [0, 0.1) is 0 Å². The number of ether oxygens (including phenoxy) is 2. The van der Waals surface area contributed by atoms with Crippen molar-refractivity contribution in [2.24, 2.45) is 0 Å². The maximum atomic E-state index is 12.0. The first kappa shape index (κ1) is 33.1. The number of rotatable bonds is 6. The number of hydrogen-bond donors (Lipinski definition) is 0. The summed E-state index contributed by atoms with van der Waals surface area (Å²) in [4.78, 5) is 24.4. The summed E-state index contributed by atoms with van der Waals surface area (Å²) in [6, 6.07) is 37.1. The van der Waals surface area contributed by atoms with E-state index in [4.69, 9.17) is 9.47 Å². The molecule has 0 fully saturated rings. The Balaban J connectivity index is 0.000000200. The fourth-order valence-corrected chi connectivity index (χ4v) is 5.02. The van der Waals surface area contributed by atoms with E-state index < -0.39 is 33.3 Å². The van der Waals surface area contributed by atoms with Crippen LogP contribution in [0.3, 0.4) is 0 Å². The van der Waals surface area contributed by atoms with Gasteiger partial charge < -0.3 is 26.3 Å². The van der Waals surface area contributed by atoms with Gasteiger partial charge in [-0.15, -0.1) is 0 Å². The summed E-state index contributed by atoms with van der Waals surface area (Å²) in [6.07, 6.45) is 0. The molecule has 0 aliphatic carbocycles. The molecule has 6 rings (SSSR count). The number of hydrogen-bond acceptors (Lipinski definition) is 10. The van der Waals surface area contributed by atoms with Crippen LogP contribution < -0.4 is 9.47 Å². The molecule has 0 saturated heterocycles. The van der Waals surface area contributed by atoms with Crippen molar-refractivity contribution in [3.63, 3.8) is 0 Å². The summed E-state index contributed by atoms with van der Waals surface area (Å²) in [5, 5.41) is 3.13. The maximum absolute atomic E-state index is 12.0. The quantitative estimate of drug-likeness (QED) is 0.0770. The van der Waals surface area contributed by atoms with Crippen LogP contribution in [0.15, 0.2) is 143 Å². The first-order valence-corrected chi connectivity index (χ1v) is 15.2. The smallest absolute Gasteiger partial charge is 0.423 e. The van der Waals surface area contributed by atoms with E-state index in [1.807, 2.05) is 12.1 Å². The number of carbonyl (C=O) groups excluding carboxylic acids is 2. The molecule has 0 unspecified atom stereocenters. The predicted octanol–water partition coefficient (Wildman–Crippen LogP) is 7.45. The van der Waals surface area contributed by atoms with Crippen molar-refractivity contribution < 1.29 is 52.4 Å². The Hall–Kier alpha value is -4.83. The van der Waals surface area contributed by atoms with Crippen molar-refractivity contribution >= 4 is 54.9 Å². The Kier molecular flexibility index (Phi) is 11.2. The molecular weight excluding hydrogens is 659 g/mol. The van der Waals surface area contributed by atoms with E-state index in [9.17, 15) is 26.4 Å². The third-order valence-corrected chi connectivity index (χ3v) is 7.67. The molecule has 0 aliphatic rings. The molecule has 11 heteroatoms. The molecule has 0 radical (unpaired) electrons.